The summed E-state index contributed by atoms with van der Waals surface area (Å²) >= 11 is 11.8. The van der Waals surface area contributed by atoms with Crippen LogP contribution in [0, 0.1) is 5.92 Å². The van der Waals surface area contributed by atoms with Gasteiger partial charge in [0.15, 0.2) is 0 Å². The molecule has 3 nitrogen and oxygen atoms in total. The van der Waals surface area contributed by atoms with E-state index in [2.05, 4.69) is 4.90 Å². The molecule has 0 aliphatic carbocycles. The second-order valence-electron chi connectivity index (χ2n) is 4.66. The number of halogens is 3. The third kappa shape index (κ3) is 4.53. The van der Waals surface area contributed by atoms with Gasteiger partial charge in [-0.1, -0.05) is 29.3 Å². The molecule has 0 saturated carbocycles. The molecule has 1 aromatic carbocycles. The van der Waals surface area contributed by atoms with Gasteiger partial charge in [0.05, 0.1) is 16.0 Å². The first-order valence-electron chi connectivity index (χ1n) is 5.95. The van der Waals surface area contributed by atoms with Gasteiger partial charge in [-0.2, -0.15) is 0 Å². The molecule has 106 valence electrons. The highest BCUT2D eigenvalue weighted by molar-refractivity contribution is 6.42. The van der Waals surface area contributed by atoms with E-state index in [9.17, 15) is 4.79 Å². The molecule has 1 aromatic rings. The molecule has 1 aliphatic rings. The van der Waals surface area contributed by atoms with Crippen molar-refractivity contribution in [3.63, 3.8) is 0 Å². The van der Waals surface area contributed by atoms with Gasteiger partial charge in [-0.25, -0.2) is 0 Å². The Balaban J connectivity index is 0.00000180. The average molecular weight is 325 g/mol. The van der Waals surface area contributed by atoms with Crippen molar-refractivity contribution in [1.29, 1.82) is 0 Å². The van der Waals surface area contributed by atoms with Crippen LogP contribution in [-0.4, -0.2) is 29.1 Å². The van der Waals surface area contributed by atoms with Crippen LogP contribution < -0.4 is 0 Å². The molecule has 6 heteroatoms. The first-order chi connectivity index (χ1) is 8.56. The van der Waals surface area contributed by atoms with Crippen molar-refractivity contribution >= 4 is 41.6 Å². The van der Waals surface area contributed by atoms with Crippen molar-refractivity contribution in [2.45, 2.75) is 19.4 Å². The Morgan fingerprint density at radius 1 is 1.37 bits per heavy atom. The minimum atomic E-state index is -0.700. The average Bonchev–Trinajstić information content (AvgIpc) is 2.34. The van der Waals surface area contributed by atoms with Gasteiger partial charge in [0.1, 0.15) is 0 Å². The lowest BCUT2D eigenvalue weighted by atomic mass is 9.98. The molecular weight excluding hydrogens is 309 g/mol. The first kappa shape index (κ1) is 16.6. The van der Waals surface area contributed by atoms with Crippen molar-refractivity contribution in [2.24, 2.45) is 5.92 Å². The molecule has 0 bridgehead atoms. The van der Waals surface area contributed by atoms with Crippen molar-refractivity contribution in [3.8, 4) is 0 Å². The fourth-order valence-electron chi connectivity index (χ4n) is 2.30. The third-order valence-corrected chi connectivity index (χ3v) is 3.98. The van der Waals surface area contributed by atoms with E-state index < -0.39 is 5.97 Å². The summed E-state index contributed by atoms with van der Waals surface area (Å²) in [5, 5.41) is 10.1. The van der Waals surface area contributed by atoms with E-state index in [1.807, 2.05) is 12.1 Å². The highest BCUT2D eigenvalue weighted by atomic mass is 35.5. The van der Waals surface area contributed by atoms with Gasteiger partial charge in [0.2, 0.25) is 0 Å². The Labute approximate surface area is 128 Å². The van der Waals surface area contributed by atoms with Gasteiger partial charge >= 0.3 is 5.97 Å². The number of rotatable bonds is 3. The number of nitrogens with zero attached hydrogens (tertiary/aromatic N) is 1. The maximum atomic E-state index is 11.0. The molecule has 1 saturated heterocycles. The van der Waals surface area contributed by atoms with Gasteiger partial charge in [-0.05, 0) is 37.1 Å². The van der Waals surface area contributed by atoms with Crippen LogP contribution in [0.3, 0.4) is 0 Å². The standard InChI is InChI=1S/C13H15Cl2NO2.ClH/c14-11-4-3-9(6-12(11)15)7-16-5-1-2-10(8-16)13(17)18;/h3-4,6,10H,1-2,5,7-8H2,(H,17,18);1H. The Morgan fingerprint density at radius 2 is 2.11 bits per heavy atom. The summed E-state index contributed by atoms with van der Waals surface area (Å²) in [6.45, 7) is 2.26. The highest BCUT2D eigenvalue weighted by Gasteiger charge is 2.25. The third-order valence-electron chi connectivity index (χ3n) is 3.24. The van der Waals surface area contributed by atoms with Crippen LogP contribution in [0.4, 0.5) is 0 Å². The van der Waals surface area contributed by atoms with Crippen molar-refractivity contribution < 1.29 is 9.90 Å². The molecule has 1 aliphatic heterocycles. The number of piperidine rings is 1. The maximum Gasteiger partial charge on any atom is 0.307 e. The number of carboxylic acids is 1. The molecule has 1 atom stereocenters. The molecule has 0 radical (unpaired) electrons. The van der Waals surface area contributed by atoms with E-state index in [-0.39, 0.29) is 18.3 Å². The molecule has 19 heavy (non-hydrogen) atoms. The molecule has 1 unspecified atom stereocenters. The van der Waals surface area contributed by atoms with Crippen LogP contribution in [-0.2, 0) is 11.3 Å². The van der Waals surface area contributed by atoms with Crippen LogP contribution in [0.2, 0.25) is 10.0 Å². The van der Waals surface area contributed by atoms with Crippen molar-refractivity contribution in [1.82, 2.24) is 4.90 Å². The highest BCUT2D eigenvalue weighted by Crippen LogP contribution is 2.24. The monoisotopic (exact) mass is 323 g/mol. The summed E-state index contributed by atoms with van der Waals surface area (Å²) < 4.78 is 0. The second-order valence-corrected chi connectivity index (χ2v) is 5.48. The Bertz CT molecular complexity index is 454. The lowest BCUT2D eigenvalue weighted by molar-refractivity contribution is -0.143. The first-order valence-corrected chi connectivity index (χ1v) is 6.71. The van der Waals surface area contributed by atoms with Crippen LogP contribution in [0.5, 0.6) is 0 Å². The molecule has 2 rings (SSSR count). The number of hydrogen-bond donors (Lipinski definition) is 1. The summed E-state index contributed by atoms with van der Waals surface area (Å²) in [7, 11) is 0. The molecule has 1 N–H and O–H groups in total. The van der Waals surface area contributed by atoms with Crippen LogP contribution in [0.25, 0.3) is 0 Å². The van der Waals surface area contributed by atoms with Gasteiger partial charge in [-0.15, -0.1) is 12.4 Å². The summed E-state index contributed by atoms with van der Waals surface area (Å²) in [6.07, 6.45) is 1.70. The summed E-state index contributed by atoms with van der Waals surface area (Å²) in [5.74, 6) is -0.949. The van der Waals surface area contributed by atoms with E-state index in [1.165, 1.54) is 0 Å². The Morgan fingerprint density at radius 3 is 2.74 bits per heavy atom. The van der Waals surface area contributed by atoms with Crippen molar-refractivity contribution in [2.75, 3.05) is 13.1 Å². The zero-order chi connectivity index (χ0) is 13.1. The predicted molar refractivity (Wildman–Crippen MR) is 79.3 cm³/mol. The number of likely N-dealkylation sites (tertiary alicyclic amines) is 1. The maximum absolute atomic E-state index is 11.0. The van der Waals surface area contributed by atoms with E-state index in [0.29, 0.717) is 16.6 Å². The number of benzene rings is 1. The second kappa shape index (κ2) is 7.34. The summed E-state index contributed by atoms with van der Waals surface area (Å²) in [6, 6.07) is 5.55. The van der Waals surface area contributed by atoms with Gasteiger partial charge in [0, 0.05) is 13.1 Å². The van der Waals surface area contributed by atoms with E-state index in [4.69, 9.17) is 28.3 Å². The number of aliphatic carboxylic acids is 1. The molecule has 0 amide bonds. The van der Waals surface area contributed by atoms with Gasteiger partial charge in [-0.3, -0.25) is 9.69 Å². The molecule has 1 fully saturated rings. The normalized spacial score (nSPS) is 19.8. The fourth-order valence-corrected chi connectivity index (χ4v) is 2.62. The molecule has 1 heterocycles. The molecule has 0 spiro atoms. The zero-order valence-electron chi connectivity index (χ0n) is 10.3. The fraction of sp³-hybridized carbons (Fsp3) is 0.462. The summed E-state index contributed by atoms with van der Waals surface area (Å²) in [4.78, 5) is 13.1. The summed E-state index contributed by atoms with van der Waals surface area (Å²) in [5.41, 5.74) is 1.07. The molecule has 0 aromatic heterocycles. The van der Waals surface area contributed by atoms with E-state index in [1.54, 1.807) is 6.07 Å². The largest absolute Gasteiger partial charge is 0.481 e. The zero-order valence-corrected chi connectivity index (χ0v) is 12.6. The number of hydrogen-bond acceptors (Lipinski definition) is 2. The SMILES string of the molecule is Cl.O=C(O)C1CCCN(Cc2ccc(Cl)c(Cl)c2)C1. The molecular formula is C13H16Cl3NO2. The van der Waals surface area contributed by atoms with Crippen LogP contribution >= 0.6 is 35.6 Å². The van der Waals surface area contributed by atoms with Crippen LogP contribution in [0.1, 0.15) is 18.4 Å². The Hall–Kier alpha value is -0.480. The Kier molecular flexibility index (Phi) is 6.40. The predicted octanol–water partition coefficient (Wildman–Crippen LogP) is 3.71. The topological polar surface area (TPSA) is 40.5 Å². The van der Waals surface area contributed by atoms with Gasteiger partial charge < -0.3 is 5.11 Å². The lowest BCUT2D eigenvalue weighted by Crippen LogP contribution is -2.38. The number of carbonyl (C=O) groups is 1. The lowest BCUT2D eigenvalue weighted by Gasteiger charge is -2.30. The van der Waals surface area contributed by atoms with Gasteiger partial charge in [0.25, 0.3) is 0 Å². The van der Waals surface area contributed by atoms with E-state index in [0.717, 1.165) is 31.5 Å². The van der Waals surface area contributed by atoms with Crippen LogP contribution in [0.15, 0.2) is 18.2 Å². The minimum absolute atomic E-state index is 0. The number of carboxylic acid groups (broad SMARTS) is 1. The van der Waals surface area contributed by atoms with Crippen molar-refractivity contribution in [3.05, 3.63) is 33.8 Å². The smallest absolute Gasteiger partial charge is 0.307 e. The van der Waals surface area contributed by atoms with E-state index >= 15 is 0 Å². The minimum Gasteiger partial charge on any atom is -0.481 e. The quantitative estimate of drug-likeness (QED) is 0.921.